The van der Waals surface area contributed by atoms with E-state index >= 15 is 0 Å². The Labute approximate surface area is 100 Å². The van der Waals surface area contributed by atoms with Crippen LogP contribution in [-0.4, -0.2) is 24.4 Å². The fraction of sp³-hybridized carbons (Fsp3) is 0.538. The number of aliphatic hydroxyl groups is 1. The normalized spacial score (nSPS) is 21.5. The minimum absolute atomic E-state index is 0.113. The summed E-state index contributed by atoms with van der Waals surface area (Å²) in [5.74, 6) is 0.155. The van der Waals surface area contributed by atoms with Crippen molar-refractivity contribution in [2.45, 2.75) is 32.0 Å². The summed E-state index contributed by atoms with van der Waals surface area (Å²) in [5.41, 5.74) is 0.475. The summed E-state index contributed by atoms with van der Waals surface area (Å²) in [6, 6.07) is 4.18. The lowest BCUT2D eigenvalue weighted by atomic mass is 10.1. The van der Waals surface area contributed by atoms with Gasteiger partial charge in [0.25, 0.3) is 0 Å². The summed E-state index contributed by atoms with van der Waals surface area (Å²) in [5, 5.41) is 9.54. The molecule has 0 amide bonds. The number of rotatable bonds is 4. The number of aliphatic hydroxyl groups excluding tert-OH is 1. The first-order valence-electron chi connectivity index (χ1n) is 5.88. The van der Waals surface area contributed by atoms with Gasteiger partial charge in [0.2, 0.25) is 0 Å². The van der Waals surface area contributed by atoms with Gasteiger partial charge in [0, 0.05) is 12.2 Å². The van der Waals surface area contributed by atoms with Crippen molar-refractivity contribution >= 4 is 0 Å². The van der Waals surface area contributed by atoms with Crippen molar-refractivity contribution in [3.63, 3.8) is 0 Å². The molecule has 2 rings (SSSR count). The summed E-state index contributed by atoms with van der Waals surface area (Å²) in [4.78, 5) is 0. The van der Waals surface area contributed by atoms with Gasteiger partial charge < -0.3 is 14.6 Å². The first-order chi connectivity index (χ1) is 8.16. The third-order valence-corrected chi connectivity index (χ3v) is 2.87. The molecule has 1 saturated heterocycles. The van der Waals surface area contributed by atoms with Crippen LogP contribution in [0.3, 0.4) is 0 Å². The van der Waals surface area contributed by atoms with Crippen LogP contribution in [0.2, 0.25) is 0 Å². The van der Waals surface area contributed by atoms with Gasteiger partial charge in [0.05, 0.1) is 12.2 Å². The van der Waals surface area contributed by atoms with Crippen molar-refractivity contribution in [2.24, 2.45) is 0 Å². The first kappa shape index (κ1) is 12.3. The second-order valence-electron chi connectivity index (χ2n) is 4.30. The van der Waals surface area contributed by atoms with Crippen LogP contribution in [0.4, 0.5) is 4.39 Å². The average molecular weight is 240 g/mol. The van der Waals surface area contributed by atoms with Crippen molar-refractivity contribution in [3.05, 3.63) is 29.6 Å². The maximum Gasteiger partial charge on any atom is 0.125 e. The summed E-state index contributed by atoms with van der Waals surface area (Å²) in [6.45, 7) is 2.82. The van der Waals surface area contributed by atoms with E-state index in [0.717, 1.165) is 19.4 Å². The van der Waals surface area contributed by atoms with Crippen molar-refractivity contribution in [1.82, 2.24) is 0 Å². The van der Waals surface area contributed by atoms with Crippen LogP contribution < -0.4 is 4.74 Å². The Morgan fingerprint density at radius 1 is 1.59 bits per heavy atom. The van der Waals surface area contributed by atoms with Gasteiger partial charge in [0.15, 0.2) is 0 Å². The first-order valence-corrected chi connectivity index (χ1v) is 5.88. The predicted octanol–water partition coefficient (Wildman–Crippen LogP) is 2.44. The molecular formula is C13H17FO3. The van der Waals surface area contributed by atoms with Crippen LogP contribution in [0.25, 0.3) is 0 Å². The van der Waals surface area contributed by atoms with Gasteiger partial charge in [0.1, 0.15) is 18.2 Å². The zero-order chi connectivity index (χ0) is 12.3. The van der Waals surface area contributed by atoms with E-state index in [-0.39, 0.29) is 11.9 Å². The van der Waals surface area contributed by atoms with Gasteiger partial charge >= 0.3 is 0 Å². The van der Waals surface area contributed by atoms with Gasteiger partial charge in [-0.15, -0.1) is 0 Å². The third-order valence-electron chi connectivity index (χ3n) is 2.87. The molecule has 17 heavy (non-hydrogen) atoms. The molecule has 94 valence electrons. The van der Waals surface area contributed by atoms with Crippen molar-refractivity contribution in [2.75, 3.05) is 13.2 Å². The van der Waals surface area contributed by atoms with E-state index in [2.05, 4.69) is 0 Å². The van der Waals surface area contributed by atoms with E-state index in [9.17, 15) is 9.50 Å². The van der Waals surface area contributed by atoms with Crippen LogP contribution in [-0.2, 0) is 4.74 Å². The third kappa shape index (κ3) is 3.17. The Balaban J connectivity index is 2.03. The number of halogens is 1. The molecule has 1 aromatic rings. The van der Waals surface area contributed by atoms with Crippen molar-refractivity contribution in [1.29, 1.82) is 0 Å². The monoisotopic (exact) mass is 240 g/mol. The smallest absolute Gasteiger partial charge is 0.125 e. The van der Waals surface area contributed by atoms with Crippen LogP contribution in [0.15, 0.2) is 18.2 Å². The van der Waals surface area contributed by atoms with E-state index in [1.165, 1.54) is 12.1 Å². The molecule has 1 N–H and O–H groups in total. The van der Waals surface area contributed by atoms with Crippen molar-refractivity contribution in [3.8, 4) is 5.75 Å². The minimum atomic E-state index is -0.745. The molecule has 3 nitrogen and oxygen atoms in total. The summed E-state index contributed by atoms with van der Waals surface area (Å²) in [6.07, 6.45) is 1.42. The SMILES string of the molecule is C[C@H](O)c1cc(F)ccc1OCC1CCCO1. The Morgan fingerprint density at radius 3 is 3.06 bits per heavy atom. The lowest BCUT2D eigenvalue weighted by molar-refractivity contribution is 0.0663. The number of benzene rings is 1. The zero-order valence-corrected chi connectivity index (χ0v) is 9.86. The molecule has 1 heterocycles. The molecule has 1 fully saturated rings. The average Bonchev–Trinajstić information content (AvgIpc) is 2.80. The molecular weight excluding hydrogens is 223 g/mol. The van der Waals surface area contributed by atoms with Gasteiger partial charge in [-0.1, -0.05) is 0 Å². The molecule has 1 unspecified atom stereocenters. The lowest BCUT2D eigenvalue weighted by Crippen LogP contribution is -2.17. The molecule has 4 heteroatoms. The molecule has 0 aliphatic carbocycles. The van der Waals surface area contributed by atoms with E-state index in [1.54, 1.807) is 13.0 Å². The Morgan fingerprint density at radius 2 is 2.41 bits per heavy atom. The highest BCUT2D eigenvalue weighted by Gasteiger charge is 2.17. The zero-order valence-electron chi connectivity index (χ0n) is 9.86. The molecule has 1 aliphatic heterocycles. The van der Waals surface area contributed by atoms with Crippen LogP contribution in [0.5, 0.6) is 5.75 Å². The second-order valence-corrected chi connectivity index (χ2v) is 4.30. The summed E-state index contributed by atoms with van der Waals surface area (Å²) >= 11 is 0. The quantitative estimate of drug-likeness (QED) is 0.878. The Kier molecular flexibility index (Phi) is 3.97. The van der Waals surface area contributed by atoms with E-state index < -0.39 is 6.10 Å². The molecule has 1 aliphatic rings. The topological polar surface area (TPSA) is 38.7 Å². The molecule has 0 bridgehead atoms. The highest BCUT2D eigenvalue weighted by Crippen LogP contribution is 2.26. The molecule has 0 aromatic heterocycles. The Hall–Kier alpha value is -1.13. The van der Waals surface area contributed by atoms with Crippen LogP contribution in [0, 0.1) is 5.82 Å². The maximum atomic E-state index is 13.1. The standard InChI is InChI=1S/C13H17FO3/c1-9(15)12-7-10(14)4-5-13(12)17-8-11-3-2-6-16-11/h4-5,7,9,11,15H,2-3,6,8H2,1H3/t9-,11?/m0/s1. The van der Waals surface area contributed by atoms with E-state index in [0.29, 0.717) is 17.9 Å². The number of hydrogen-bond donors (Lipinski definition) is 1. The molecule has 2 atom stereocenters. The predicted molar refractivity (Wildman–Crippen MR) is 61.5 cm³/mol. The fourth-order valence-electron chi connectivity index (χ4n) is 1.94. The fourth-order valence-corrected chi connectivity index (χ4v) is 1.94. The highest BCUT2D eigenvalue weighted by atomic mass is 19.1. The Bertz CT molecular complexity index is 373. The minimum Gasteiger partial charge on any atom is -0.490 e. The summed E-state index contributed by atoms with van der Waals surface area (Å²) in [7, 11) is 0. The largest absolute Gasteiger partial charge is 0.490 e. The highest BCUT2D eigenvalue weighted by molar-refractivity contribution is 5.35. The molecule has 0 radical (unpaired) electrons. The van der Waals surface area contributed by atoms with Crippen LogP contribution >= 0.6 is 0 Å². The molecule has 0 spiro atoms. The van der Waals surface area contributed by atoms with Crippen LogP contribution in [0.1, 0.15) is 31.4 Å². The second kappa shape index (κ2) is 5.47. The number of hydrogen-bond acceptors (Lipinski definition) is 3. The number of ether oxygens (including phenoxy) is 2. The molecule has 1 aromatic carbocycles. The lowest BCUT2D eigenvalue weighted by Gasteiger charge is -2.16. The summed E-state index contributed by atoms with van der Waals surface area (Å²) < 4.78 is 24.1. The van der Waals surface area contributed by atoms with Gasteiger partial charge in [-0.2, -0.15) is 0 Å². The molecule has 0 saturated carbocycles. The van der Waals surface area contributed by atoms with E-state index in [1.807, 2.05) is 0 Å². The maximum absolute atomic E-state index is 13.1. The van der Waals surface area contributed by atoms with Gasteiger partial charge in [-0.3, -0.25) is 0 Å². The van der Waals surface area contributed by atoms with Crippen molar-refractivity contribution < 1.29 is 19.0 Å². The van der Waals surface area contributed by atoms with Gasteiger partial charge in [-0.05, 0) is 38.0 Å². The van der Waals surface area contributed by atoms with E-state index in [4.69, 9.17) is 9.47 Å². The van der Waals surface area contributed by atoms with Gasteiger partial charge in [-0.25, -0.2) is 4.39 Å².